The molecule has 0 aliphatic carbocycles. The number of hydrogen-bond donors (Lipinski definition) is 1. The van der Waals surface area contributed by atoms with Crippen molar-refractivity contribution >= 4 is 18.0 Å². The van der Waals surface area contributed by atoms with E-state index >= 15 is 0 Å². The van der Waals surface area contributed by atoms with Gasteiger partial charge in [-0.25, -0.2) is 4.79 Å². The Bertz CT molecular complexity index is 536. The van der Waals surface area contributed by atoms with Crippen molar-refractivity contribution in [1.82, 2.24) is 4.90 Å². The second-order valence-electron chi connectivity index (χ2n) is 4.99. The molecule has 0 radical (unpaired) electrons. The summed E-state index contributed by atoms with van der Waals surface area (Å²) in [6.07, 6.45) is 5.35. The third kappa shape index (κ3) is 3.84. The number of carboxylic acids is 1. The normalized spacial score (nSPS) is 18.7. The highest BCUT2D eigenvalue weighted by molar-refractivity contribution is 5.94. The molecule has 5 nitrogen and oxygen atoms in total. The van der Waals surface area contributed by atoms with Crippen LogP contribution in [-0.4, -0.2) is 41.6 Å². The molecule has 1 aromatic carbocycles. The number of ether oxygens (including phenoxy) is 1. The summed E-state index contributed by atoms with van der Waals surface area (Å²) in [4.78, 5) is 24.8. The van der Waals surface area contributed by atoms with E-state index in [1.54, 1.807) is 13.2 Å². The number of rotatable bonds is 4. The Morgan fingerprint density at radius 1 is 1.29 bits per heavy atom. The fourth-order valence-electron chi connectivity index (χ4n) is 2.43. The molecule has 21 heavy (non-hydrogen) atoms. The molecule has 1 saturated heterocycles. The zero-order valence-corrected chi connectivity index (χ0v) is 12.0. The molecule has 1 fully saturated rings. The van der Waals surface area contributed by atoms with Gasteiger partial charge in [-0.1, -0.05) is 12.1 Å². The molecule has 112 valence electrons. The van der Waals surface area contributed by atoms with E-state index in [1.807, 2.05) is 24.3 Å². The fraction of sp³-hybridized carbons (Fsp3) is 0.375. The minimum atomic E-state index is -0.930. The van der Waals surface area contributed by atoms with Crippen LogP contribution in [0.15, 0.2) is 30.3 Å². The topological polar surface area (TPSA) is 66.8 Å². The van der Waals surface area contributed by atoms with Crippen LogP contribution in [0.5, 0.6) is 5.75 Å². The van der Waals surface area contributed by atoms with E-state index < -0.39 is 12.0 Å². The lowest BCUT2D eigenvalue weighted by Crippen LogP contribution is -2.47. The van der Waals surface area contributed by atoms with Gasteiger partial charge >= 0.3 is 5.97 Å². The Kier molecular flexibility index (Phi) is 4.98. The molecule has 1 aromatic rings. The van der Waals surface area contributed by atoms with Crippen molar-refractivity contribution in [2.45, 2.75) is 25.3 Å². The molecule has 1 heterocycles. The summed E-state index contributed by atoms with van der Waals surface area (Å²) in [5.74, 6) is -0.431. The highest BCUT2D eigenvalue weighted by atomic mass is 16.5. The standard InChI is InChI=1S/C16H19NO4/c1-21-13-8-5-12(6-9-13)7-10-15(18)17-11-3-2-4-14(17)16(19)20/h5-10,14H,2-4,11H2,1H3,(H,19,20)/b10-7+. The van der Waals surface area contributed by atoms with Gasteiger partial charge in [0.15, 0.2) is 0 Å². The molecule has 1 atom stereocenters. The summed E-state index contributed by atoms with van der Waals surface area (Å²) in [5.41, 5.74) is 0.869. The lowest BCUT2D eigenvalue weighted by Gasteiger charge is -2.32. The highest BCUT2D eigenvalue weighted by Gasteiger charge is 2.30. The number of benzene rings is 1. The molecule has 0 aromatic heterocycles. The molecular weight excluding hydrogens is 270 g/mol. The van der Waals surface area contributed by atoms with Crippen molar-refractivity contribution < 1.29 is 19.4 Å². The van der Waals surface area contributed by atoms with Gasteiger partial charge in [0.25, 0.3) is 0 Å². The number of carboxylic acid groups (broad SMARTS) is 1. The quantitative estimate of drug-likeness (QED) is 0.863. The van der Waals surface area contributed by atoms with Crippen LogP contribution in [0.3, 0.4) is 0 Å². The first-order valence-corrected chi connectivity index (χ1v) is 6.97. The Hall–Kier alpha value is -2.30. The van der Waals surface area contributed by atoms with Gasteiger partial charge in [0, 0.05) is 12.6 Å². The van der Waals surface area contributed by atoms with Gasteiger partial charge in [-0.2, -0.15) is 0 Å². The zero-order valence-electron chi connectivity index (χ0n) is 12.0. The Labute approximate surface area is 123 Å². The van der Waals surface area contributed by atoms with E-state index in [4.69, 9.17) is 9.84 Å². The maximum absolute atomic E-state index is 12.2. The predicted octanol–water partition coefficient (Wildman–Crippen LogP) is 2.17. The zero-order chi connectivity index (χ0) is 15.2. The van der Waals surface area contributed by atoms with E-state index in [2.05, 4.69) is 0 Å². The van der Waals surface area contributed by atoms with Gasteiger partial charge in [0.2, 0.25) is 5.91 Å². The van der Waals surface area contributed by atoms with Gasteiger partial charge in [-0.3, -0.25) is 4.79 Å². The van der Waals surface area contributed by atoms with Crippen molar-refractivity contribution in [3.63, 3.8) is 0 Å². The first-order valence-electron chi connectivity index (χ1n) is 6.97. The number of aliphatic carboxylic acids is 1. The highest BCUT2D eigenvalue weighted by Crippen LogP contribution is 2.18. The van der Waals surface area contributed by atoms with Crippen LogP contribution >= 0.6 is 0 Å². The second kappa shape index (κ2) is 6.92. The average molecular weight is 289 g/mol. The van der Waals surface area contributed by atoms with Gasteiger partial charge in [-0.05, 0) is 43.0 Å². The number of methoxy groups -OCH3 is 1. The van der Waals surface area contributed by atoms with Crippen LogP contribution in [0.4, 0.5) is 0 Å². The predicted molar refractivity (Wildman–Crippen MR) is 79.0 cm³/mol. The number of nitrogens with zero attached hydrogens (tertiary/aromatic N) is 1. The molecule has 5 heteroatoms. The molecule has 1 amide bonds. The summed E-state index contributed by atoms with van der Waals surface area (Å²) in [5, 5.41) is 9.17. The number of carbonyl (C=O) groups excluding carboxylic acids is 1. The van der Waals surface area contributed by atoms with E-state index in [9.17, 15) is 9.59 Å². The molecule has 2 rings (SSSR count). The van der Waals surface area contributed by atoms with Crippen molar-refractivity contribution in [3.8, 4) is 5.75 Å². The number of carbonyl (C=O) groups is 2. The third-order valence-corrected chi connectivity index (χ3v) is 3.61. The van der Waals surface area contributed by atoms with Crippen molar-refractivity contribution in [2.75, 3.05) is 13.7 Å². The van der Waals surface area contributed by atoms with Crippen LogP contribution in [0.25, 0.3) is 6.08 Å². The van der Waals surface area contributed by atoms with E-state index in [0.717, 1.165) is 24.2 Å². The summed E-state index contributed by atoms with van der Waals surface area (Å²) in [7, 11) is 1.59. The lowest BCUT2D eigenvalue weighted by molar-refractivity contribution is -0.150. The molecule has 1 aliphatic rings. The van der Waals surface area contributed by atoms with Crippen LogP contribution in [-0.2, 0) is 9.59 Å². The lowest BCUT2D eigenvalue weighted by atomic mass is 10.0. The van der Waals surface area contributed by atoms with Crippen LogP contribution in [0, 0.1) is 0 Å². The molecule has 0 saturated carbocycles. The third-order valence-electron chi connectivity index (χ3n) is 3.61. The van der Waals surface area contributed by atoms with Gasteiger partial charge in [0.05, 0.1) is 7.11 Å². The smallest absolute Gasteiger partial charge is 0.326 e. The summed E-state index contributed by atoms with van der Waals surface area (Å²) < 4.78 is 5.07. The first-order chi connectivity index (χ1) is 10.1. The fourth-order valence-corrected chi connectivity index (χ4v) is 2.43. The monoisotopic (exact) mass is 289 g/mol. The van der Waals surface area contributed by atoms with Crippen LogP contribution < -0.4 is 4.74 Å². The molecule has 0 spiro atoms. The van der Waals surface area contributed by atoms with Crippen LogP contribution in [0.1, 0.15) is 24.8 Å². The Morgan fingerprint density at radius 2 is 2.00 bits per heavy atom. The number of hydrogen-bond acceptors (Lipinski definition) is 3. The van der Waals surface area contributed by atoms with Crippen molar-refractivity contribution in [2.24, 2.45) is 0 Å². The SMILES string of the molecule is COc1ccc(/C=C/C(=O)N2CCCCC2C(=O)O)cc1. The average Bonchev–Trinajstić information content (AvgIpc) is 2.53. The first kappa shape index (κ1) is 15.1. The van der Waals surface area contributed by atoms with Crippen molar-refractivity contribution in [3.05, 3.63) is 35.9 Å². The van der Waals surface area contributed by atoms with Gasteiger partial charge in [-0.15, -0.1) is 0 Å². The number of likely N-dealkylation sites (tertiary alicyclic amines) is 1. The minimum Gasteiger partial charge on any atom is -0.497 e. The van der Waals surface area contributed by atoms with Gasteiger partial charge in [0.1, 0.15) is 11.8 Å². The Morgan fingerprint density at radius 3 is 2.62 bits per heavy atom. The van der Waals surface area contributed by atoms with Crippen LogP contribution in [0.2, 0.25) is 0 Å². The van der Waals surface area contributed by atoms with E-state index in [0.29, 0.717) is 13.0 Å². The molecule has 1 unspecified atom stereocenters. The van der Waals surface area contributed by atoms with Crippen molar-refractivity contribution in [1.29, 1.82) is 0 Å². The Balaban J connectivity index is 2.04. The maximum atomic E-state index is 12.2. The molecule has 0 bridgehead atoms. The summed E-state index contributed by atoms with van der Waals surface area (Å²) in [6.45, 7) is 0.503. The summed E-state index contributed by atoms with van der Waals surface area (Å²) in [6, 6.07) is 6.60. The maximum Gasteiger partial charge on any atom is 0.326 e. The van der Waals surface area contributed by atoms with E-state index in [-0.39, 0.29) is 5.91 Å². The molecule has 1 aliphatic heterocycles. The molecule has 1 N–H and O–H groups in total. The van der Waals surface area contributed by atoms with Gasteiger partial charge < -0.3 is 14.7 Å². The van der Waals surface area contributed by atoms with E-state index in [1.165, 1.54) is 11.0 Å². The molecular formula is C16H19NO4. The number of piperidine rings is 1. The largest absolute Gasteiger partial charge is 0.497 e. The summed E-state index contributed by atoms with van der Waals surface area (Å²) >= 11 is 0. The minimum absolute atomic E-state index is 0.252. The number of amides is 1. The second-order valence-corrected chi connectivity index (χ2v) is 4.99.